The zero-order valence-corrected chi connectivity index (χ0v) is 14.5. The summed E-state index contributed by atoms with van der Waals surface area (Å²) in [7, 11) is 4.41. The summed E-state index contributed by atoms with van der Waals surface area (Å²) in [5.74, 6) is 0.661. The van der Waals surface area contributed by atoms with Crippen molar-refractivity contribution in [3.8, 4) is 34.3 Å². The van der Waals surface area contributed by atoms with Crippen LogP contribution in [-0.4, -0.2) is 26.4 Å². The van der Waals surface area contributed by atoms with Gasteiger partial charge in [0.05, 0.1) is 31.7 Å². The summed E-state index contributed by atoms with van der Waals surface area (Å²) in [6.45, 7) is 0. The first-order chi connectivity index (χ1) is 12.0. The van der Waals surface area contributed by atoms with Crippen LogP contribution in [0.3, 0.4) is 0 Å². The van der Waals surface area contributed by atoms with E-state index in [4.69, 9.17) is 30.2 Å². The van der Waals surface area contributed by atoms with Crippen LogP contribution in [0.5, 0.6) is 23.0 Å². The molecule has 2 aromatic carbocycles. The van der Waals surface area contributed by atoms with Crippen molar-refractivity contribution in [2.45, 2.75) is 0 Å². The molecule has 0 spiro atoms. The van der Waals surface area contributed by atoms with Crippen LogP contribution in [0.25, 0.3) is 22.3 Å². The predicted molar refractivity (Wildman–Crippen MR) is 94.3 cm³/mol. The molecular weight excluding hydrogens is 348 g/mol. The van der Waals surface area contributed by atoms with E-state index in [0.717, 1.165) is 0 Å². The van der Waals surface area contributed by atoms with Gasteiger partial charge in [-0.1, -0.05) is 11.6 Å². The van der Waals surface area contributed by atoms with Crippen molar-refractivity contribution in [2.24, 2.45) is 0 Å². The Kier molecular flexibility index (Phi) is 4.46. The number of fused-ring (bicyclic) bond motifs is 1. The summed E-state index contributed by atoms with van der Waals surface area (Å²) < 4.78 is 21.3. The molecule has 7 heteroatoms. The second kappa shape index (κ2) is 6.57. The van der Waals surface area contributed by atoms with Crippen LogP contribution >= 0.6 is 11.6 Å². The molecule has 0 fully saturated rings. The topological polar surface area (TPSA) is 78.1 Å². The molecule has 1 N–H and O–H groups in total. The van der Waals surface area contributed by atoms with Gasteiger partial charge in [-0.05, 0) is 24.3 Å². The number of halogens is 1. The first-order valence-electron chi connectivity index (χ1n) is 7.25. The normalized spacial score (nSPS) is 10.7. The highest BCUT2D eigenvalue weighted by molar-refractivity contribution is 6.32. The van der Waals surface area contributed by atoms with Crippen LogP contribution in [0.15, 0.2) is 39.5 Å². The fourth-order valence-corrected chi connectivity index (χ4v) is 2.76. The zero-order chi connectivity index (χ0) is 18.1. The van der Waals surface area contributed by atoms with Crippen molar-refractivity contribution in [1.82, 2.24) is 0 Å². The number of aromatic hydroxyl groups is 1. The highest BCUT2D eigenvalue weighted by Crippen LogP contribution is 2.38. The van der Waals surface area contributed by atoms with Gasteiger partial charge in [-0.15, -0.1) is 0 Å². The zero-order valence-electron chi connectivity index (χ0n) is 13.8. The number of benzene rings is 2. The Morgan fingerprint density at radius 1 is 1.00 bits per heavy atom. The fourth-order valence-electron chi connectivity index (χ4n) is 2.50. The molecule has 0 saturated carbocycles. The van der Waals surface area contributed by atoms with E-state index in [-0.39, 0.29) is 16.7 Å². The monoisotopic (exact) mass is 362 g/mol. The Hall–Kier alpha value is -2.86. The van der Waals surface area contributed by atoms with Gasteiger partial charge in [0.25, 0.3) is 0 Å². The molecule has 0 atom stereocenters. The lowest BCUT2D eigenvalue weighted by atomic mass is 10.1. The summed E-state index contributed by atoms with van der Waals surface area (Å²) in [6, 6.07) is 7.86. The van der Waals surface area contributed by atoms with Gasteiger partial charge < -0.3 is 23.7 Å². The molecule has 25 heavy (non-hydrogen) atoms. The van der Waals surface area contributed by atoms with Crippen molar-refractivity contribution in [3.63, 3.8) is 0 Å². The molecule has 6 nitrogen and oxygen atoms in total. The van der Waals surface area contributed by atoms with E-state index in [2.05, 4.69) is 0 Å². The van der Waals surface area contributed by atoms with Gasteiger partial charge >= 0.3 is 0 Å². The van der Waals surface area contributed by atoms with E-state index >= 15 is 0 Å². The van der Waals surface area contributed by atoms with Gasteiger partial charge in [0.2, 0.25) is 11.2 Å². The molecular formula is C18H15ClO6. The number of methoxy groups -OCH3 is 3. The van der Waals surface area contributed by atoms with Crippen LogP contribution in [0.4, 0.5) is 0 Å². The van der Waals surface area contributed by atoms with Crippen LogP contribution in [0.1, 0.15) is 0 Å². The van der Waals surface area contributed by atoms with Crippen LogP contribution in [0, 0.1) is 0 Å². The largest absolute Gasteiger partial charge is 0.502 e. The minimum atomic E-state index is -0.597. The molecule has 3 rings (SSSR count). The van der Waals surface area contributed by atoms with Crippen molar-refractivity contribution in [3.05, 3.63) is 45.6 Å². The van der Waals surface area contributed by atoms with Crippen LogP contribution in [-0.2, 0) is 0 Å². The number of hydrogen-bond donors (Lipinski definition) is 1. The maximum Gasteiger partial charge on any atom is 0.235 e. The molecule has 0 aliphatic heterocycles. The Balaban J connectivity index is 2.32. The van der Waals surface area contributed by atoms with Gasteiger partial charge in [0.15, 0.2) is 17.1 Å². The fraction of sp³-hybridized carbons (Fsp3) is 0.167. The van der Waals surface area contributed by atoms with E-state index in [0.29, 0.717) is 27.8 Å². The minimum Gasteiger partial charge on any atom is -0.502 e. The number of hydrogen-bond acceptors (Lipinski definition) is 6. The van der Waals surface area contributed by atoms with Crippen LogP contribution < -0.4 is 19.6 Å². The van der Waals surface area contributed by atoms with E-state index in [9.17, 15) is 9.90 Å². The molecule has 0 amide bonds. The summed E-state index contributed by atoms with van der Waals surface area (Å²) >= 11 is 6.12. The highest BCUT2D eigenvalue weighted by Gasteiger charge is 2.20. The molecule has 0 bridgehead atoms. The molecule has 3 aromatic rings. The quantitative estimate of drug-likeness (QED) is 0.759. The van der Waals surface area contributed by atoms with E-state index < -0.39 is 11.2 Å². The molecule has 0 aliphatic rings. The van der Waals surface area contributed by atoms with Crippen molar-refractivity contribution >= 4 is 22.6 Å². The molecule has 1 aromatic heterocycles. The van der Waals surface area contributed by atoms with Crippen molar-refractivity contribution < 1.29 is 23.7 Å². The Labute approximate surface area is 148 Å². The number of ether oxygens (including phenoxy) is 3. The summed E-state index contributed by atoms with van der Waals surface area (Å²) in [4.78, 5) is 12.6. The molecule has 0 aliphatic carbocycles. The van der Waals surface area contributed by atoms with Gasteiger partial charge in [-0.3, -0.25) is 4.79 Å². The molecule has 0 unspecified atom stereocenters. The highest BCUT2D eigenvalue weighted by atomic mass is 35.5. The Morgan fingerprint density at radius 2 is 1.72 bits per heavy atom. The second-order valence-electron chi connectivity index (χ2n) is 5.16. The SMILES string of the molecule is COc1cc(OC)c2oc(-c3ccc(OC)c(Cl)c3)c(O)c(=O)c2c1. The maximum absolute atomic E-state index is 12.6. The minimum absolute atomic E-state index is 0.00878. The lowest BCUT2D eigenvalue weighted by Gasteiger charge is -2.11. The van der Waals surface area contributed by atoms with E-state index in [1.807, 2.05) is 0 Å². The summed E-state index contributed by atoms with van der Waals surface area (Å²) in [5, 5.41) is 10.8. The third kappa shape index (κ3) is 2.85. The van der Waals surface area contributed by atoms with E-state index in [1.165, 1.54) is 27.4 Å². The Morgan fingerprint density at radius 3 is 2.32 bits per heavy atom. The van der Waals surface area contributed by atoms with E-state index in [1.54, 1.807) is 24.3 Å². The van der Waals surface area contributed by atoms with Gasteiger partial charge in [0.1, 0.15) is 11.5 Å². The van der Waals surface area contributed by atoms with Gasteiger partial charge in [0, 0.05) is 11.6 Å². The van der Waals surface area contributed by atoms with Crippen molar-refractivity contribution in [2.75, 3.05) is 21.3 Å². The first kappa shape index (κ1) is 17.0. The molecule has 130 valence electrons. The second-order valence-corrected chi connectivity index (χ2v) is 5.57. The number of rotatable bonds is 4. The standard InChI is InChI=1S/C18H15ClO6/c1-22-10-7-11-15(20)16(21)17(25-18(11)14(8-10)24-3)9-4-5-13(23-2)12(19)6-9/h4-8,21H,1-3H3. The Bertz CT molecular complexity index is 1010. The lowest BCUT2D eigenvalue weighted by Crippen LogP contribution is -2.04. The third-order valence-corrected chi connectivity index (χ3v) is 4.07. The van der Waals surface area contributed by atoms with Crippen LogP contribution in [0.2, 0.25) is 5.02 Å². The average molecular weight is 363 g/mol. The average Bonchev–Trinajstić information content (AvgIpc) is 2.63. The predicted octanol–water partition coefficient (Wildman–Crippen LogP) is 3.84. The van der Waals surface area contributed by atoms with Gasteiger partial charge in [-0.2, -0.15) is 0 Å². The third-order valence-electron chi connectivity index (χ3n) is 3.78. The molecule has 1 heterocycles. The molecule has 0 radical (unpaired) electrons. The smallest absolute Gasteiger partial charge is 0.235 e. The summed E-state index contributed by atoms with van der Waals surface area (Å²) in [5.41, 5.74) is 0.0357. The van der Waals surface area contributed by atoms with Crippen molar-refractivity contribution in [1.29, 1.82) is 0 Å². The maximum atomic E-state index is 12.6. The summed E-state index contributed by atoms with van der Waals surface area (Å²) in [6.07, 6.45) is 0. The van der Waals surface area contributed by atoms with Gasteiger partial charge in [-0.25, -0.2) is 0 Å². The lowest BCUT2D eigenvalue weighted by molar-refractivity contribution is 0.390. The first-order valence-corrected chi connectivity index (χ1v) is 7.63. The molecule has 0 saturated heterocycles.